The molecule has 8 N–H and O–H groups in total. The van der Waals surface area contributed by atoms with E-state index in [0.717, 1.165) is 36.4 Å². The largest absolute Gasteiger partial charge is 0.504 e. The van der Waals surface area contributed by atoms with E-state index >= 15 is 0 Å². The van der Waals surface area contributed by atoms with Gasteiger partial charge < -0.3 is 50.3 Å². The maximum Gasteiger partial charge on any atom is 0.335 e. The molecule has 2 aromatic carbocycles. The molecule has 1 aliphatic carbocycles. The van der Waals surface area contributed by atoms with E-state index in [1.165, 1.54) is 24.3 Å². The van der Waals surface area contributed by atoms with Gasteiger partial charge in [0, 0.05) is 25.0 Å². The SMILES string of the molecule is O=C(/C=C/c1ccc(O)c(O)c1)O[C@@H]1C[C@@](O)(C(=O)O)C[C@@H](O)[C@]1(CO)OC(=O)/C=C/c1ccc(O)c(O)c1. The number of benzene rings is 2. The number of phenolic OH excluding ortho intramolecular Hbond substituents is 4. The molecule has 1 aliphatic rings. The number of esters is 2. The molecule has 4 atom stereocenters. The van der Waals surface area contributed by atoms with Crippen molar-refractivity contribution in [1.82, 2.24) is 0 Å². The Kier molecular flexibility index (Phi) is 8.49. The second-order valence-electron chi connectivity index (χ2n) is 8.88. The molecular formula is C26H26O13. The van der Waals surface area contributed by atoms with Gasteiger partial charge in [-0.25, -0.2) is 14.4 Å². The minimum atomic E-state index is -2.60. The number of aliphatic hydroxyl groups is 3. The van der Waals surface area contributed by atoms with Crippen molar-refractivity contribution in [3.63, 3.8) is 0 Å². The third kappa shape index (κ3) is 6.46. The normalized spacial score (nSPS) is 25.0. The number of phenols is 4. The second-order valence-corrected chi connectivity index (χ2v) is 8.88. The number of ether oxygens (including phenoxy) is 2. The van der Waals surface area contributed by atoms with E-state index in [4.69, 9.17) is 9.47 Å². The van der Waals surface area contributed by atoms with Crippen molar-refractivity contribution >= 4 is 30.1 Å². The molecule has 0 saturated heterocycles. The van der Waals surface area contributed by atoms with Crippen LogP contribution in [0.15, 0.2) is 48.6 Å². The van der Waals surface area contributed by atoms with E-state index in [9.17, 15) is 55.2 Å². The third-order valence-electron chi connectivity index (χ3n) is 6.18. The second kappa shape index (κ2) is 11.4. The molecule has 1 fully saturated rings. The summed E-state index contributed by atoms with van der Waals surface area (Å²) < 4.78 is 10.5. The van der Waals surface area contributed by atoms with Crippen LogP contribution in [0.4, 0.5) is 0 Å². The van der Waals surface area contributed by atoms with Gasteiger partial charge in [-0.15, -0.1) is 0 Å². The molecule has 13 heteroatoms. The van der Waals surface area contributed by atoms with Crippen molar-refractivity contribution in [3.8, 4) is 23.0 Å². The van der Waals surface area contributed by atoms with Crippen molar-refractivity contribution in [2.75, 3.05) is 6.61 Å². The first-order valence-electron chi connectivity index (χ1n) is 11.4. The maximum atomic E-state index is 12.6. The Balaban J connectivity index is 1.87. The van der Waals surface area contributed by atoms with E-state index in [2.05, 4.69) is 0 Å². The fourth-order valence-electron chi connectivity index (χ4n) is 3.98. The molecule has 0 amide bonds. The highest BCUT2D eigenvalue weighted by Crippen LogP contribution is 2.40. The average Bonchev–Trinajstić information content (AvgIpc) is 2.87. The fraction of sp³-hybridized carbons (Fsp3) is 0.269. The molecule has 208 valence electrons. The molecule has 1 saturated carbocycles. The van der Waals surface area contributed by atoms with Gasteiger partial charge in [0.25, 0.3) is 0 Å². The lowest BCUT2D eigenvalue weighted by atomic mass is 9.72. The summed E-state index contributed by atoms with van der Waals surface area (Å²) in [6.45, 7) is -1.13. The highest BCUT2D eigenvalue weighted by molar-refractivity contribution is 5.89. The highest BCUT2D eigenvalue weighted by atomic mass is 16.6. The number of carbonyl (C=O) groups excluding carboxylic acids is 2. The number of aliphatic hydroxyl groups excluding tert-OH is 2. The van der Waals surface area contributed by atoms with E-state index < -0.39 is 83.8 Å². The van der Waals surface area contributed by atoms with Crippen LogP contribution in [0.5, 0.6) is 23.0 Å². The zero-order valence-electron chi connectivity index (χ0n) is 20.2. The Morgan fingerprint density at radius 1 is 0.846 bits per heavy atom. The lowest BCUT2D eigenvalue weighted by Crippen LogP contribution is -2.67. The summed E-state index contributed by atoms with van der Waals surface area (Å²) in [7, 11) is 0. The van der Waals surface area contributed by atoms with Crippen molar-refractivity contribution < 1.29 is 64.7 Å². The number of aliphatic carboxylic acids is 1. The van der Waals surface area contributed by atoms with Crippen LogP contribution in [-0.2, 0) is 23.9 Å². The first-order valence-corrected chi connectivity index (χ1v) is 11.4. The summed E-state index contributed by atoms with van der Waals surface area (Å²) >= 11 is 0. The van der Waals surface area contributed by atoms with E-state index in [0.29, 0.717) is 0 Å². The van der Waals surface area contributed by atoms with Crippen LogP contribution < -0.4 is 0 Å². The Bertz CT molecular complexity index is 1320. The van der Waals surface area contributed by atoms with Crippen molar-refractivity contribution in [2.45, 2.75) is 36.3 Å². The molecule has 0 aromatic heterocycles. The van der Waals surface area contributed by atoms with Gasteiger partial charge in [0.05, 0.1) is 6.61 Å². The number of carboxylic acid groups (broad SMARTS) is 1. The molecule has 13 nitrogen and oxygen atoms in total. The lowest BCUT2D eigenvalue weighted by Gasteiger charge is -2.48. The van der Waals surface area contributed by atoms with Gasteiger partial charge in [-0.05, 0) is 47.5 Å². The Morgan fingerprint density at radius 3 is 1.82 bits per heavy atom. The molecule has 0 unspecified atom stereocenters. The zero-order valence-corrected chi connectivity index (χ0v) is 20.2. The summed E-state index contributed by atoms with van der Waals surface area (Å²) in [5.74, 6) is -5.77. The van der Waals surface area contributed by atoms with Gasteiger partial charge in [-0.1, -0.05) is 12.1 Å². The Morgan fingerprint density at radius 2 is 1.36 bits per heavy atom. The quantitative estimate of drug-likeness (QED) is 0.127. The Hall–Kier alpha value is -4.59. The van der Waals surface area contributed by atoms with Crippen molar-refractivity contribution in [1.29, 1.82) is 0 Å². The summed E-state index contributed by atoms with van der Waals surface area (Å²) in [6, 6.07) is 7.30. The van der Waals surface area contributed by atoms with Crippen molar-refractivity contribution in [3.05, 3.63) is 59.7 Å². The number of rotatable bonds is 8. The van der Waals surface area contributed by atoms with E-state index in [1.807, 2.05) is 0 Å². The lowest BCUT2D eigenvalue weighted by molar-refractivity contribution is -0.246. The van der Waals surface area contributed by atoms with Crippen LogP contribution in [0, 0.1) is 0 Å². The molecule has 0 spiro atoms. The van der Waals surface area contributed by atoms with Gasteiger partial charge in [-0.3, -0.25) is 0 Å². The van der Waals surface area contributed by atoms with Gasteiger partial charge in [0.2, 0.25) is 0 Å². The maximum absolute atomic E-state index is 12.6. The van der Waals surface area contributed by atoms with Crippen LogP contribution in [0.25, 0.3) is 12.2 Å². The number of aromatic hydroxyl groups is 4. The first kappa shape index (κ1) is 29.0. The minimum Gasteiger partial charge on any atom is -0.504 e. The molecule has 0 radical (unpaired) electrons. The van der Waals surface area contributed by atoms with Crippen LogP contribution in [0.1, 0.15) is 24.0 Å². The molecule has 0 aliphatic heterocycles. The first-order chi connectivity index (χ1) is 18.3. The molecule has 2 aromatic rings. The Labute approximate surface area is 220 Å². The standard InChI is InChI=1S/C26H26O13/c27-13-26(39-23(34)8-4-15-2-6-17(29)19(31)10-15)20(32)11-25(37,24(35)36)12-21(26)38-22(33)7-3-14-1-5-16(28)18(30)9-14/h1-10,20-21,27-32,37H,11-13H2,(H,35,36)/b7-3+,8-4+/t20-,21-,25-,26+/m1/s1. The van der Waals surface area contributed by atoms with Gasteiger partial charge in [0.1, 0.15) is 12.2 Å². The third-order valence-corrected chi connectivity index (χ3v) is 6.18. The number of hydrogen-bond donors (Lipinski definition) is 8. The molecule has 0 heterocycles. The molecule has 39 heavy (non-hydrogen) atoms. The van der Waals surface area contributed by atoms with E-state index in [1.54, 1.807) is 0 Å². The predicted molar refractivity (Wildman–Crippen MR) is 131 cm³/mol. The topological polar surface area (TPSA) is 232 Å². The number of carboxylic acids is 1. The summed E-state index contributed by atoms with van der Waals surface area (Å²) in [6.07, 6.45) is -1.52. The van der Waals surface area contributed by atoms with Crippen LogP contribution in [0.2, 0.25) is 0 Å². The van der Waals surface area contributed by atoms with Gasteiger partial charge >= 0.3 is 17.9 Å². The molecular weight excluding hydrogens is 520 g/mol. The number of hydrogen-bond acceptors (Lipinski definition) is 12. The minimum absolute atomic E-state index is 0.262. The van der Waals surface area contributed by atoms with Crippen LogP contribution in [0.3, 0.4) is 0 Å². The summed E-state index contributed by atoms with van der Waals surface area (Å²) in [5, 5.41) is 78.8. The highest BCUT2D eigenvalue weighted by Gasteiger charge is 2.61. The summed E-state index contributed by atoms with van der Waals surface area (Å²) in [4.78, 5) is 36.9. The molecule has 0 bridgehead atoms. The summed E-state index contributed by atoms with van der Waals surface area (Å²) in [5.41, 5.74) is -4.45. The number of carbonyl (C=O) groups is 3. The van der Waals surface area contributed by atoms with Crippen LogP contribution in [-0.4, -0.2) is 88.8 Å². The van der Waals surface area contributed by atoms with E-state index in [-0.39, 0.29) is 11.1 Å². The zero-order chi connectivity index (χ0) is 29.0. The van der Waals surface area contributed by atoms with Crippen LogP contribution >= 0.6 is 0 Å². The van der Waals surface area contributed by atoms with Crippen molar-refractivity contribution in [2.24, 2.45) is 0 Å². The molecule has 3 rings (SSSR count). The predicted octanol–water partition coefficient (Wildman–Crippen LogP) is 0.392. The average molecular weight is 546 g/mol. The fourth-order valence-corrected chi connectivity index (χ4v) is 3.98. The van der Waals surface area contributed by atoms with Gasteiger partial charge in [0.15, 0.2) is 34.2 Å². The van der Waals surface area contributed by atoms with Gasteiger partial charge in [-0.2, -0.15) is 0 Å². The smallest absolute Gasteiger partial charge is 0.335 e. The monoisotopic (exact) mass is 546 g/mol.